The molecule has 0 spiro atoms. The third-order valence-corrected chi connectivity index (χ3v) is 4.88. The van der Waals surface area contributed by atoms with Gasteiger partial charge in [-0.15, -0.1) is 0 Å². The van der Waals surface area contributed by atoms with Gasteiger partial charge in [0, 0.05) is 0 Å². The molecule has 0 fully saturated rings. The summed E-state index contributed by atoms with van der Waals surface area (Å²) in [6, 6.07) is 12.4. The Hall–Kier alpha value is -1.92. The molecule has 1 atom stereocenters. The molecule has 21 heavy (non-hydrogen) atoms. The molecule has 1 aliphatic rings. The Labute approximate surface area is 122 Å². The van der Waals surface area contributed by atoms with Gasteiger partial charge < -0.3 is 4.74 Å². The maximum absolute atomic E-state index is 13.6. The molecular formula is C15H14FNO3S. The van der Waals surface area contributed by atoms with Crippen LogP contribution in [0.5, 0.6) is 5.75 Å². The predicted octanol–water partition coefficient (Wildman–Crippen LogP) is 2.11. The van der Waals surface area contributed by atoms with E-state index in [1.165, 1.54) is 18.2 Å². The van der Waals surface area contributed by atoms with E-state index in [1.807, 2.05) is 24.3 Å². The highest BCUT2D eigenvalue weighted by atomic mass is 32.2. The average molecular weight is 307 g/mol. The third-order valence-electron chi connectivity index (χ3n) is 3.33. The number of benzene rings is 2. The fourth-order valence-electron chi connectivity index (χ4n) is 2.35. The smallest absolute Gasteiger partial charge is 0.243 e. The van der Waals surface area contributed by atoms with E-state index in [-0.39, 0.29) is 11.5 Å². The molecule has 0 radical (unpaired) electrons. The Bertz CT molecular complexity index is 761. The summed E-state index contributed by atoms with van der Waals surface area (Å²) >= 11 is 0. The Morgan fingerprint density at radius 1 is 1.10 bits per heavy atom. The molecule has 1 aliphatic heterocycles. The van der Waals surface area contributed by atoms with Crippen molar-refractivity contribution in [3.05, 3.63) is 59.9 Å². The van der Waals surface area contributed by atoms with Gasteiger partial charge in [-0.25, -0.2) is 17.5 Å². The number of para-hydroxylation sites is 1. The molecule has 6 heteroatoms. The fourth-order valence-corrected chi connectivity index (χ4v) is 3.65. The fraction of sp³-hybridized carbons (Fsp3) is 0.200. The summed E-state index contributed by atoms with van der Waals surface area (Å²) in [6.45, 7) is 0.227. The van der Waals surface area contributed by atoms with Crippen LogP contribution in [0.2, 0.25) is 0 Å². The van der Waals surface area contributed by atoms with Crippen molar-refractivity contribution in [1.82, 2.24) is 4.72 Å². The quantitative estimate of drug-likeness (QED) is 0.945. The normalized spacial score (nSPS) is 17.9. The van der Waals surface area contributed by atoms with Gasteiger partial charge in [-0.05, 0) is 30.2 Å². The van der Waals surface area contributed by atoms with E-state index >= 15 is 0 Å². The van der Waals surface area contributed by atoms with Gasteiger partial charge >= 0.3 is 0 Å². The number of nitrogens with one attached hydrogen (secondary N) is 1. The first-order valence-electron chi connectivity index (χ1n) is 6.54. The van der Waals surface area contributed by atoms with Crippen LogP contribution in [0, 0.1) is 5.82 Å². The Balaban J connectivity index is 1.80. The highest BCUT2D eigenvalue weighted by Crippen LogP contribution is 2.25. The van der Waals surface area contributed by atoms with Gasteiger partial charge in [-0.1, -0.05) is 30.3 Å². The molecule has 0 saturated heterocycles. The van der Waals surface area contributed by atoms with E-state index in [0.29, 0.717) is 6.42 Å². The highest BCUT2D eigenvalue weighted by Gasteiger charge is 2.26. The summed E-state index contributed by atoms with van der Waals surface area (Å²) in [6.07, 6.45) is 0.518. The van der Waals surface area contributed by atoms with Gasteiger partial charge in [0.25, 0.3) is 0 Å². The van der Waals surface area contributed by atoms with Crippen molar-refractivity contribution in [2.24, 2.45) is 0 Å². The lowest BCUT2D eigenvalue weighted by atomic mass is 10.0. The SMILES string of the molecule is O=S(=O)(NC1COc2ccccc2C1)c1ccccc1F. The molecule has 1 N–H and O–H groups in total. The lowest BCUT2D eigenvalue weighted by Gasteiger charge is -2.25. The molecule has 3 rings (SSSR count). The van der Waals surface area contributed by atoms with Crippen molar-refractivity contribution >= 4 is 10.0 Å². The maximum Gasteiger partial charge on any atom is 0.243 e. The number of fused-ring (bicyclic) bond motifs is 1. The standard InChI is InChI=1S/C15H14FNO3S/c16-13-6-2-4-8-15(13)21(18,19)17-12-9-11-5-1-3-7-14(11)20-10-12/h1-8,12,17H,9-10H2. The topological polar surface area (TPSA) is 55.4 Å². The lowest BCUT2D eigenvalue weighted by Crippen LogP contribution is -2.42. The van der Waals surface area contributed by atoms with E-state index in [4.69, 9.17) is 4.74 Å². The third kappa shape index (κ3) is 2.91. The maximum atomic E-state index is 13.6. The van der Waals surface area contributed by atoms with E-state index in [9.17, 15) is 12.8 Å². The zero-order chi connectivity index (χ0) is 14.9. The first-order valence-corrected chi connectivity index (χ1v) is 8.02. The molecule has 0 aliphatic carbocycles. The van der Waals surface area contributed by atoms with Crippen molar-refractivity contribution in [2.75, 3.05) is 6.61 Å². The second-order valence-electron chi connectivity index (χ2n) is 4.87. The molecule has 0 bridgehead atoms. The summed E-state index contributed by atoms with van der Waals surface area (Å²) < 4.78 is 46.1. The minimum absolute atomic E-state index is 0.227. The number of hydrogen-bond donors (Lipinski definition) is 1. The van der Waals surface area contributed by atoms with Crippen molar-refractivity contribution in [3.8, 4) is 5.75 Å². The molecular weight excluding hydrogens is 293 g/mol. The second kappa shape index (κ2) is 5.46. The van der Waals surface area contributed by atoms with Crippen LogP contribution in [0.4, 0.5) is 4.39 Å². The monoisotopic (exact) mass is 307 g/mol. The minimum Gasteiger partial charge on any atom is -0.492 e. The van der Waals surface area contributed by atoms with Crippen molar-refractivity contribution < 1.29 is 17.5 Å². The lowest BCUT2D eigenvalue weighted by molar-refractivity contribution is 0.254. The van der Waals surface area contributed by atoms with Crippen LogP contribution in [0.1, 0.15) is 5.56 Å². The zero-order valence-electron chi connectivity index (χ0n) is 11.1. The zero-order valence-corrected chi connectivity index (χ0v) is 11.9. The second-order valence-corrected chi connectivity index (χ2v) is 6.55. The predicted molar refractivity (Wildman–Crippen MR) is 76.2 cm³/mol. The van der Waals surface area contributed by atoms with Crippen LogP contribution >= 0.6 is 0 Å². The summed E-state index contributed by atoms with van der Waals surface area (Å²) in [5.74, 6) is 0.000896. The number of sulfonamides is 1. The molecule has 0 saturated carbocycles. The number of ether oxygens (including phenoxy) is 1. The first-order chi connectivity index (χ1) is 10.1. The van der Waals surface area contributed by atoms with Gasteiger partial charge in [-0.2, -0.15) is 0 Å². The molecule has 1 heterocycles. The van der Waals surface area contributed by atoms with E-state index in [2.05, 4.69) is 4.72 Å². The largest absolute Gasteiger partial charge is 0.492 e. The van der Waals surface area contributed by atoms with Crippen LogP contribution in [0.3, 0.4) is 0 Å². The van der Waals surface area contributed by atoms with Gasteiger partial charge in [-0.3, -0.25) is 0 Å². The van der Waals surface area contributed by atoms with Crippen LogP contribution in [0.15, 0.2) is 53.4 Å². The van der Waals surface area contributed by atoms with Gasteiger partial charge in [0.05, 0.1) is 6.04 Å². The van der Waals surface area contributed by atoms with Crippen molar-refractivity contribution in [3.63, 3.8) is 0 Å². The van der Waals surface area contributed by atoms with Gasteiger partial charge in [0.2, 0.25) is 10.0 Å². The molecule has 0 aromatic heterocycles. The van der Waals surface area contributed by atoms with E-state index < -0.39 is 21.9 Å². The van der Waals surface area contributed by atoms with Crippen molar-refractivity contribution in [2.45, 2.75) is 17.4 Å². The summed E-state index contributed by atoms with van der Waals surface area (Å²) in [5, 5.41) is 0. The van der Waals surface area contributed by atoms with Crippen LogP contribution < -0.4 is 9.46 Å². The summed E-state index contributed by atoms with van der Waals surface area (Å²) in [5.41, 5.74) is 0.935. The van der Waals surface area contributed by atoms with Crippen LogP contribution in [-0.2, 0) is 16.4 Å². The minimum atomic E-state index is -3.90. The van der Waals surface area contributed by atoms with Crippen LogP contribution in [0.25, 0.3) is 0 Å². The average Bonchev–Trinajstić information content (AvgIpc) is 2.47. The number of rotatable bonds is 3. The molecule has 110 valence electrons. The molecule has 2 aromatic carbocycles. The highest BCUT2D eigenvalue weighted by molar-refractivity contribution is 7.89. The van der Waals surface area contributed by atoms with Crippen molar-refractivity contribution in [1.29, 1.82) is 0 Å². The van der Waals surface area contributed by atoms with E-state index in [0.717, 1.165) is 17.4 Å². The van der Waals surface area contributed by atoms with Gasteiger partial charge in [0.1, 0.15) is 23.1 Å². The Morgan fingerprint density at radius 3 is 2.62 bits per heavy atom. The Kier molecular flexibility index (Phi) is 3.65. The number of halogens is 1. The Morgan fingerprint density at radius 2 is 1.81 bits per heavy atom. The summed E-state index contributed by atoms with van der Waals surface area (Å²) in [7, 11) is -3.90. The molecule has 1 unspecified atom stereocenters. The van der Waals surface area contributed by atoms with Gasteiger partial charge in [0.15, 0.2) is 0 Å². The first kappa shape index (κ1) is 14.0. The summed E-state index contributed by atoms with van der Waals surface area (Å²) in [4.78, 5) is -0.344. The van der Waals surface area contributed by atoms with E-state index in [1.54, 1.807) is 0 Å². The molecule has 2 aromatic rings. The number of hydrogen-bond acceptors (Lipinski definition) is 3. The van der Waals surface area contributed by atoms with Crippen LogP contribution in [-0.4, -0.2) is 21.1 Å². The molecule has 4 nitrogen and oxygen atoms in total. The molecule has 0 amide bonds.